The molecule has 0 heterocycles. The van der Waals surface area contributed by atoms with E-state index in [0.29, 0.717) is 0 Å². The van der Waals surface area contributed by atoms with Crippen LogP contribution in [-0.4, -0.2) is 17.7 Å². The molecule has 0 aromatic heterocycles. The van der Waals surface area contributed by atoms with Gasteiger partial charge in [-0.3, -0.25) is 4.79 Å². The van der Waals surface area contributed by atoms with Crippen molar-refractivity contribution >= 4 is 18.5 Å². The number of hydrogen-bond acceptors (Lipinski definition) is 2. The lowest BCUT2D eigenvalue weighted by Gasteiger charge is -2.16. The van der Waals surface area contributed by atoms with Gasteiger partial charge in [-0.25, -0.2) is 0 Å². The van der Waals surface area contributed by atoms with Crippen LogP contribution in [0.3, 0.4) is 0 Å². The maximum atomic E-state index is 11.3. The maximum absolute atomic E-state index is 11.3. The summed E-state index contributed by atoms with van der Waals surface area (Å²) in [6, 6.07) is 0. The first kappa shape index (κ1) is 10.3. The van der Waals surface area contributed by atoms with Crippen LogP contribution in [-0.2, 0) is 4.79 Å². The second-order valence-corrected chi connectivity index (χ2v) is 5.53. The monoisotopic (exact) mass is 213 g/mol. The Morgan fingerprint density at radius 1 is 1.36 bits per heavy atom. The second kappa shape index (κ2) is 4.13. The molecule has 0 radical (unpaired) electrons. The number of nitrogens with one attached hydrogen (secondary N) is 1. The highest BCUT2D eigenvalue weighted by molar-refractivity contribution is 7.81. The Labute approximate surface area is 91.2 Å². The molecule has 1 N–H and O–H groups in total. The van der Waals surface area contributed by atoms with Gasteiger partial charge in [0.15, 0.2) is 0 Å². The van der Waals surface area contributed by atoms with Crippen molar-refractivity contribution in [3.8, 4) is 0 Å². The first-order valence-corrected chi connectivity index (χ1v) is 6.16. The standard InChI is InChI=1S/C11H19NOS/c1-7(14)11(13)12-6-10(8-2-3-8)9-4-5-9/h7-10,14H,2-6H2,1H3,(H,12,13). The molecular weight excluding hydrogens is 194 g/mol. The Balaban J connectivity index is 1.74. The summed E-state index contributed by atoms with van der Waals surface area (Å²) in [6.45, 7) is 2.71. The van der Waals surface area contributed by atoms with Gasteiger partial charge in [-0.05, 0) is 50.4 Å². The van der Waals surface area contributed by atoms with Gasteiger partial charge < -0.3 is 5.32 Å². The van der Waals surface area contributed by atoms with E-state index >= 15 is 0 Å². The third-order valence-corrected chi connectivity index (χ3v) is 3.58. The molecule has 2 aliphatic rings. The van der Waals surface area contributed by atoms with Crippen LogP contribution >= 0.6 is 12.6 Å². The second-order valence-electron chi connectivity index (χ2n) is 4.76. The zero-order chi connectivity index (χ0) is 10.1. The summed E-state index contributed by atoms with van der Waals surface area (Å²) in [6.07, 6.45) is 5.53. The number of carbonyl (C=O) groups excluding carboxylic acids is 1. The molecule has 2 aliphatic carbocycles. The summed E-state index contributed by atoms with van der Waals surface area (Å²) in [5, 5.41) is 2.84. The largest absolute Gasteiger partial charge is 0.355 e. The molecule has 0 aromatic carbocycles. The fourth-order valence-electron chi connectivity index (χ4n) is 2.13. The molecule has 2 rings (SSSR count). The van der Waals surface area contributed by atoms with E-state index < -0.39 is 0 Å². The number of hydrogen-bond donors (Lipinski definition) is 2. The minimum atomic E-state index is -0.172. The van der Waals surface area contributed by atoms with Gasteiger partial charge in [0.1, 0.15) is 0 Å². The molecule has 0 aromatic rings. The molecule has 0 bridgehead atoms. The first-order chi connectivity index (χ1) is 6.68. The Hall–Kier alpha value is -0.180. The number of amides is 1. The van der Waals surface area contributed by atoms with Gasteiger partial charge in [-0.15, -0.1) is 0 Å². The van der Waals surface area contributed by atoms with Crippen LogP contribution in [0.15, 0.2) is 0 Å². The van der Waals surface area contributed by atoms with Gasteiger partial charge in [0.25, 0.3) is 0 Å². The van der Waals surface area contributed by atoms with E-state index in [-0.39, 0.29) is 11.2 Å². The first-order valence-electron chi connectivity index (χ1n) is 5.64. The van der Waals surface area contributed by atoms with E-state index in [4.69, 9.17) is 0 Å². The van der Waals surface area contributed by atoms with Gasteiger partial charge in [0, 0.05) is 6.54 Å². The smallest absolute Gasteiger partial charge is 0.232 e. The van der Waals surface area contributed by atoms with E-state index in [1.54, 1.807) is 0 Å². The molecule has 2 fully saturated rings. The molecule has 0 aliphatic heterocycles. The van der Waals surface area contributed by atoms with Crippen LogP contribution in [0.4, 0.5) is 0 Å². The van der Waals surface area contributed by atoms with E-state index in [2.05, 4.69) is 17.9 Å². The molecule has 3 heteroatoms. The van der Waals surface area contributed by atoms with Crippen molar-refractivity contribution in [2.75, 3.05) is 6.54 Å². The van der Waals surface area contributed by atoms with E-state index in [9.17, 15) is 4.79 Å². The SMILES string of the molecule is CC(S)C(=O)NCC(C1CC1)C1CC1. The van der Waals surface area contributed by atoms with Crippen molar-refractivity contribution < 1.29 is 4.79 Å². The minimum absolute atomic E-state index is 0.0830. The van der Waals surface area contributed by atoms with Crippen molar-refractivity contribution in [2.24, 2.45) is 17.8 Å². The van der Waals surface area contributed by atoms with Crippen molar-refractivity contribution in [3.63, 3.8) is 0 Å². The molecule has 0 saturated heterocycles. The highest BCUT2D eigenvalue weighted by Gasteiger charge is 2.41. The minimum Gasteiger partial charge on any atom is -0.355 e. The highest BCUT2D eigenvalue weighted by atomic mass is 32.1. The molecule has 80 valence electrons. The van der Waals surface area contributed by atoms with Gasteiger partial charge >= 0.3 is 0 Å². The van der Waals surface area contributed by atoms with Crippen LogP contribution in [0, 0.1) is 17.8 Å². The fraction of sp³-hybridized carbons (Fsp3) is 0.909. The molecule has 1 atom stereocenters. The molecular formula is C11H19NOS. The average Bonchev–Trinajstić information content (AvgIpc) is 2.99. The van der Waals surface area contributed by atoms with Crippen molar-refractivity contribution in [2.45, 2.75) is 37.9 Å². The Kier molecular flexibility index (Phi) is 3.05. The fourth-order valence-corrected chi connectivity index (χ4v) is 2.22. The summed E-state index contributed by atoms with van der Waals surface area (Å²) in [4.78, 5) is 11.3. The van der Waals surface area contributed by atoms with Gasteiger partial charge in [-0.1, -0.05) is 0 Å². The lowest BCUT2D eigenvalue weighted by molar-refractivity contribution is -0.120. The third kappa shape index (κ3) is 2.66. The summed E-state index contributed by atoms with van der Waals surface area (Å²) >= 11 is 4.12. The predicted octanol–water partition coefficient (Wildman–Crippen LogP) is 1.86. The zero-order valence-corrected chi connectivity index (χ0v) is 9.59. The topological polar surface area (TPSA) is 29.1 Å². The van der Waals surface area contributed by atoms with Crippen LogP contribution in [0.5, 0.6) is 0 Å². The Bertz CT molecular complexity index is 209. The predicted molar refractivity (Wildman–Crippen MR) is 60.4 cm³/mol. The van der Waals surface area contributed by atoms with Gasteiger partial charge in [0.05, 0.1) is 5.25 Å². The average molecular weight is 213 g/mol. The van der Waals surface area contributed by atoms with Crippen LogP contribution in [0.1, 0.15) is 32.6 Å². The lowest BCUT2D eigenvalue weighted by Crippen LogP contribution is -2.35. The zero-order valence-electron chi connectivity index (χ0n) is 8.70. The molecule has 0 spiro atoms. The normalized spacial score (nSPS) is 23.6. The lowest BCUT2D eigenvalue weighted by atomic mass is 9.98. The van der Waals surface area contributed by atoms with Gasteiger partial charge in [-0.2, -0.15) is 12.6 Å². The van der Waals surface area contributed by atoms with Crippen molar-refractivity contribution in [3.05, 3.63) is 0 Å². The van der Waals surface area contributed by atoms with Crippen LogP contribution in [0.25, 0.3) is 0 Å². The van der Waals surface area contributed by atoms with Crippen LogP contribution in [0.2, 0.25) is 0 Å². The summed E-state index contributed by atoms with van der Waals surface area (Å²) in [5.74, 6) is 2.68. The van der Waals surface area contributed by atoms with Crippen molar-refractivity contribution in [1.82, 2.24) is 5.32 Å². The molecule has 1 amide bonds. The Morgan fingerprint density at radius 3 is 2.21 bits per heavy atom. The Morgan fingerprint density at radius 2 is 1.86 bits per heavy atom. The number of rotatable bonds is 5. The molecule has 14 heavy (non-hydrogen) atoms. The molecule has 1 unspecified atom stereocenters. The molecule has 2 nitrogen and oxygen atoms in total. The quantitative estimate of drug-likeness (QED) is 0.671. The molecule has 2 saturated carbocycles. The maximum Gasteiger partial charge on any atom is 0.232 e. The summed E-state index contributed by atoms with van der Waals surface area (Å²) in [7, 11) is 0. The van der Waals surface area contributed by atoms with E-state index in [1.165, 1.54) is 25.7 Å². The highest BCUT2D eigenvalue weighted by Crippen LogP contribution is 2.48. The van der Waals surface area contributed by atoms with E-state index in [0.717, 1.165) is 24.3 Å². The number of carbonyl (C=O) groups is 1. The third-order valence-electron chi connectivity index (χ3n) is 3.35. The van der Waals surface area contributed by atoms with Crippen LogP contribution < -0.4 is 5.32 Å². The summed E-state index contributed by atoms with van der Waals surface area (Å²) in [5.41, 5.74) is 0. The van der Waals surface area contributed by atoms with E-state index in [1.807, 2.05) is 6.92 Å². The summed E-state index contributed by atoms with van der Waals surface area (Å²) < 4.78 is 0. The van der Waals surface area contributed by atoms with Crippen molar-refractivity contribution in [1.29, 1.82) is 0 Å². The number of thiol groups is 1. The van der Waals surface area contributed by atoms with Gasteiger partial charge in [0.2, 0.25) is 5.91 Å².